The van der Waals surface area contributed by atoms with Gasteiger partial charge in [-0.05, 0) is 27.2 Å². The van der Waals surface area contributed by atoms with E-state index in [1.807, 2.05) is 20.8 Å². The van der Waals surface area contributed by atoms with Crippen molar-refractivity contribution < 1.29 is 13.7 Å². The van der Waals surface area contributed by atoms with Crippen molar-refractivity contribution in [1.29, 1.82) is 0 Å². The van der Waals surface area contributed by atoms with E-state index in [2.05, 4.69) is 9.97 Å². The SMILES string of the molecule is CC(C)(C)OC(=O)N1CCC(S(=O)c2cc(Cl)ncn2)C1. The van der Waals surface area contributed by atoms with Crippen molar-refractivity contribution in [2.75, 3.05) is 13.1 Å². The molecular weight excluding hydrogens is 314 g/mol. The van der Waals surface area contributed by atoms with Gasteiger partial charge in [0, 0.05) is 19.2 Å². The lowest BCUT2D eigenvalue weighted by Crippen LogP contribution is -2.36. The van der Waals surface area contributed by atoms with Gasteiger partial charge in [0.05, 0.1) is 16.0 Å². The number of nitrogens with zero attached hydrogens (tertiary/aromatic N) is 3. The van der Waals surface area contributed by atoms with Gasteiger partial charge in [-0.2, -0.15) is 0 Å². The van der Waals surface area contributed by atoms with Crippen molar-refractivity contribution in [3.8, 4) is 0 Å². The highest BCUT2D eigenvalue weighted by Crippen LogP contribution is 2.22. The van der Waals surface area contributed by atoms with E-state index in [-0.39, 0.29) is 16.5 Å². The standard InChI is InChI=1S/C13H18ClN3O3S/c1-13(2,3)20-12(18)17-5-4-9(7-17)21(19)11-6-10(14)15-8-16-11/h6,8-9H,4-5,7H2,1-3H3. The summed E-state index contributed by atoms with van der Waals surface area (Å²) in [6.07, 6.45) is 1.56. The zero-order chi connectivity index (χ0) is 15.6. The zero-order valence-corrected chi connectivity index (χ0v) is 13.8. The van der Waals surface area contributed by atoms with Crippen LogP contribution in [0, 0.1) is 0 Å². The molecule has 6 nitrogen and oxygen atoms in total. The van der Waals surface area contributed by atoms with Gasteiger partial charge in [-0.1, -0.05) is 11.6 Å². The molecule has 2 unspecified atom stereocenters. The summed E-state index contributed by atoms with van der Waals surface area (Å²) in [7, 11) is -1.31. The van der Waals surface area contributed by atoms with Crippen molar-refractivity contribution >= 4 is 28.5 Å². The van der Waals surface area contributed by atoms with E-state index in [0.717, 1.165) is 0 Å². The van der Waals surface area contributed by atoms with E-state index in [0.29, 0.717) is 24.5 Å². The largest absolute Gasteiger partial charge is 0.444 e. The molecule has 1 fully saturated rings. The Morgan fingerprint density at radius 2 is 2.19 bits per heavy atom. The number of hydrogen-bond acceptors (Lipinski definition) is 5. The molecule has 1 amide bonds. The Hall–Kier alpha value is -1.21. The van der Waals surface area contributed by atoms with E-state index in [4.69, 9.17) is 16.3 Å². The molecule has 0 spiro atoms. The molecule has 0 aliphatic carbocycles. The summed E-state index contributed by atoms with van der Waals surface area (Å²) in [4.78, 5) is 21.3. The summed E-state index contributed by atoms with van der Waals surface area (Å²) in [5.74, 6) is 0. The molecule has 0 radical (unpaired) electrons. The van der Waals surface area contributed by atoms with Gasteiger partial charge >= 0.3 is 6.09 Å². The van der Waals surface area contributed by atoms with Gasteiger partial charge in [-0.25, -0.2) is 14.8 Å². The van der Waals surface area contributed by atoms with Crippen molar-refractivity contribution in [3.63, 3.8) is 0 Å². The topological polar surface area (TPSA) is 72.4 Å². The molecule has 1 aliphatic rings. The zero-order valence-electron chi connectivity index (χ0n) is 12.2. The third-order valence-corrected chi connectivity index (χ3v) is 4.75. The fourth-order valence-corrected chi connectivity index (χ4v) is 3.56. The predicted octanol–water partition coefficient (Wildman–Crippen LogP) is 2.25. The van der Waals surface area contributed by atoms with Gasteiger partial charge in [0.2, 0.25) is 0 Å². The third-order valence-electron chi connectivity index (χ3n) is 2.91. The monoisotopic (exact) mass is 331 g/mol. The Labute approximate surface area is 131 Å². The maximum Gasteiger partial charge on any atom is 0.410 e. The molecule has 8 heteroatoms. The lowest BCUT2D eigenvalue weighted by molar-refractivity contribution is 0.0295. The number of carbonyl (C=O) groups is 1. The van der Waals surface area contributed by atoms with Gasteiger partial charge in [0.15, 0.2) is 0 Å². The summed E-state index contributed by atoms with van der Waals surface area (Å²) >= 11 is 5.78. The molecule has 0 N–H and O–H groups in total. The second-order valence-electron chi connectivity index (χ2n) is 5.81. The van der Waals surface area contributed by atoms with Crippen LogP contribution in [-0.2, 0) is 15.5 Å². The van der Waals surface area contributed by atoms with Crippen LogP contribution in [0.25, 0.3) is 0 Å². The van der Waals surface area contributed by atoms with Crippen LogP contribution in [0.5, 0.6) is 0 Å². The third kappa shape index (κ3) is 4.38. The summed E-state index contributed by atoms with van der Waals surface area (Å²) in [6.45, 7) is 6.38. The fraction of sp³-hybridized carbons (Fsp3) is 0.615. The van der Waals surface area contributed by atoms with E-state index in [9.17, 15) is 9.00 Å². The molecule has 2 rings (SSSR count). The van der Waals surface area contributed by atoms with Gasteiger partial charge in [0.1, 0.15) is 22.1 Å². The number of rotatable bonds is 2. The minimum atomic E-state index is -1.31. The van der Waals surface area contributed by atoms with Crippen LogP contribution in [0.3, 0.4) is 0 Å². The molecule has 2 heterocycles. The quantitative estimate of drug-likeness (QED) is 0.777. The number of amides is 1. The van der Waals surface area contributed by atoms with Crippen LogP contribution in [-0.4, -0.2) is 49.1 Å². The first-order valence-electron chi connectivity index (χ1n) is 6.62. The Morgan fingerprint density at radius 1 is 1.48 bits per heavy atom. The summed E-state index contributed by atoms with van der Waals surface area (Å²) in [5.41, 5.74) is -0.533. The molecule has 21 heavy (non-hydrogen) atoms. The van der Waals surface area contributed by atoms with E-state index in [1.54, 1.807) is 4.90 Å². The first-order valence-corrected chi connectivity index (χ1v) is 8.21. The van der Waals surface area contributed by atoms with E-state index >= 15 is 0 Å². The van der Waals surface area contributed by atoms with E-state index in [1.165, 1.54) is 12.4 Å². The molecule has 1 aliphatic heterocycles. The molecule has 116 valence electrons. The summed E-state index contributed by atoms with van der Waals surface area (Å²) in [6, 6.07) is 1.49. The second kappa shape index (κ2) is 6.27. The van der Waals surface area contributed by atoms with Crippen molar-refractivity contribution in [3.05, 3.63) is 17.5 Å². The Bertz CT molecular complexity index is 562. The lowest BCUT2D eigenvalue weighted by Gasteiger charge is -2.24. The van der Waals surface area contributed by atoms with Crippen LogP contribution in [0.2, 0.25) is 5.15 Å². The lowest BCUT2D eigenvalue weighted by atomic mass is 10.2. The first-order chi connectivity index (χ1) is 9.76. The number of carbonyl (C=O) groups excluding carboxylic acids is 1. The molecule has 1 saturated heterocycles. The Balaban J connectivity index is 1.99. The summed E-state index contributed by atoms with van der Waals surface area (Å²) in [5, 5.41) is 0.491. The van der Waals surface area contributed by atoms with Crippen LogP contribution in [0.4, 0.5) is 4.79 Å². The van der Waals surface area contributed by atoms with E-state index < -0.39 is 16.4 Å². The molecule has 1 aromatic heterocycles. The maximum atomic E-state index is 12.4. The molecular formula is C13H18ClN3O3S. The predicted molar refractivity (Wildman–Crippen MR) is 79.7 cm³/mol. The first kappa shape index (κ1) is 16.2. The van der Waals surface area contributed by atoms with Crippen LogP contribution in [0.15, 0.2) is 17.4 Å². The van der Waals surface area contributed by atoms with Gasteiger partial charge in [-0.15, -0.1) is 0 Å². The summed E-state index contributed by atoms with van der Waals surface area (Å²) < 4.78 is 17.8. The Morgan fingerprint density at radius 3 is 2.81 bits per heavy atom. The average Bonchev–Trinajstić information content (AvgIpc) is 2.85. The number of hydrogen-bond donors (Lipinski definition) is 0. The van der Waals surface area contributed by atoms with Crippen LogP contribution in [0.1, 0.15) is 27.2 Å². The normalized spacial score (nSPS) is 20.4. The van der Waals surface area contributed by atoms with Crippen molar-refractivity contribution in [2.45, 2.75) is 43.1 Å². The van der Waals surface area contributed by atoms with Crippen LogP contribution >= 0.6 is 11.6 Å². The highest BCUT2D eigenvalue weighted by molar-refractivity contribution is 7.85. The number of ether oxygens (including phenoxy) is 1. The molecule has 2 atom stereocenters. The molecule has 1 aromatic rings. The highest BCUT2D eigenvalue weighted by Gasteiger charge is 2.33. The minimum absolute atomic E-state index is 0.163. The minimum Gasteiger partial charge on any atom is -0.444 e. The number of likely N-dealkylation sites (tertiary alicyclic amines) is 1. The van der Waals surface area contributed by atoms with Gasteiger partial charge < -0.3 is 9.64 Å². The van der Waals surface area contributed by atoms with Crippen LogP contribution < -0.4 is 0 Å². The molecule has 0 bridgehead atoms. The number of aromatic nitrogens is 2. The maximum absolute atomic E-state index is 12.4. The van der Waals surface area contributed by atoms with Gasteiger partial charge in [0.25, 0.3) is 0 Å². The average molecular weight is 332 g/mol. The molecule has 0 saturated carbocycles. The molecule has 0 aromatic carbocycles. The van der Waals surface area contributed by atoms with Gasteiger partial charge in [-0.3, -0.25) is 4.21 Å². The van der Waals surface area contributed by atoms with Crippen molar-refractivity contribution in [1.82, 2.24) is 14.9 Å². The number of halogens is 1. The van der Waals surface area contributed by atoms with Crippen molar-refractivity contribution in [2.24, 2.45) is 0 Å². The highest BCUT2D eigenvalue weighted by atomic mass is 35.5. The fourth-order valence-electron chi connectivity index (χ4n) is 1.99. The second-order valence-corrected chi connectivity index (χ2v) is 7.88. The smallest absolute Gasteiger partial charge is 0.410 e. The Kier molecular flexibility index (Phi) is 4.83.